The number of methoxy groups -OCH3 is 1. The van der Waals surface area contributed by atoms with Gasteiger partial charge in [-0.3, -0.25) is 4.90 Å². The van der Waals surface area contributed by atoms with E-state index < -0.39 is 0 Å². The molecule has 0 heterocycles. The van der Waals surface area contributed by atoms with E-state index in [9.17, 15) is 4.39 Å². The van der Waals surface area contributed by atoms with Crippen molar-refractivity contribution in [3.8, 4) is 0 Å². The average Bonchev–Trinajstić information content (AvgIpc) is 2.35. The van der Waals surface area contributed by atoms with Gasteiger partial charge >= 0.3 is 0 Å². The maximum absolute atomic E-state index is 13.6. The summed E-state index contributed by atoms with van der Waals surface area (Å²) in [4.78, 5) is 2.02. The molecule has 18 heavy (non-hydrogen) atoms. The predicted octanol–water partition coefficient (Wildman–Crippen LogP) is 1.96. The molecule has 1 aromatic carbocycles. The molecule has 0 fully saturated rings. The number of aliphatic hydroxyl groups excluding tert-OH is 1. The minimum Gasteiger partial charge on any atom is -0.395 e. The van der Waals surface area contributed by atoms with Crippen LogP contribution in [0.1, 0.15) is 5.56 Å². The Morgan fingerprint density at radius 3 is 2.72 bits per heavy atom. The molecular formula is C13H19ClFNO2. The van der Waals surface area contributed by atoms with Crippen molar-refractivity contribution in [2.75, 3.05) is 40.0 Å². The van der Waals surface area contributed by atoms with E-state index in [1.165, 1.54) is 6.07 Å². The molecule has 0 saturated carbocycles. The second kappa shape index (κ2) is 8.43. The van der Waals surface area contributed by atoms with Crippen LogP contribution in [0.3, 0.4) is 0 Å². The molecule has 0 amide bonds. The topological polar surface area (TPSA) is 32.7 Å². The molecule has 0 aliphatic heterocycles. The number of benzene rings is 1. The number of nitrogens with zero attached hydrogens (tertiary/aromatic N) is 1. The molecule has 0 unspecified atom stereocenters. The number of aliphatic hydroxyl groups is 1. The molecule has 1 N–H and O–H groups in total. The van der Waals surface area contributed by atoms with Gasteiger partial charge in [0.1, 0.15) is 5.82 Å². The third-order valence-electron chi connectivity index (χ3n) is 2.77. The van der Waals surface area contributed by atoms with Gasteiger partial charge in [0.2, 0.25) is 0 Å². The lowest BCUT2D eigenvalue weighted by molar-refractivity contribution is 0.131. The Morgan fingerprint density at radius 2 is 2.11 bits per heavy atom. The lowest BCUT2D eigenvalue weighted by atomic mass is 10.1. The van der Waals surface area contributed by atoms with Crippen LogP contribution in [0.15, 0.2) is 18.2 Å². The zero-order valence-electron chi connectivity index (χ0n) is 10.5. The zero-order valence-corrected chi connectivity index (χ0v) is 11.3. The maximum Gasteiger partial charge on any atom is 0.127 e. The van der Waals surface area contributed by atoms with Crippen LogP contribution in [-0.2, 0) is 11.2 Å². The van der Waals surface area contributed by atoms with Gasteiger partial charge in [0, 0.05) is 37.3 Å². The molecule has 0 aliphatic carbocycles. The van der Waals surface area contributed by atoms with Crippen molar-refractivity contribution >= 4 is 11.6 Å². The third kappa shape index (κ3) is 4.90. The molecular weight excluding hydrogens is 257 g/mol. The largest absolute Gasteiger partial charge is 0.395 e. The molecule has 0 radical (unpaired) electrons. The number of ether oxygens (including phenoxy) is 1. The minimum absolute atomic E-state index is 0.0781. The van der Waals surface area contributed by atoms with E-state index in [4.69, 9.17) is 21.4 Å². The summed E-state index contributed by atoms with van der Waals surface area (Å²) in [6, 6.07) is 4.69. The van der Waals surface area contributed by atoms with Gasteiger partial charge in [-0.1, -0.05) is 17.7 Å². The van der Waals surface area contributed by atoms with Crippen molar-refractivity contribution in [3.05, 3.63) is 34.6 Å². The Kier molecular flexibility index (Phi) is 7.20. The molecule has 0 bridgehead atoms. The van der Waals surface area contributed by atoms with Crippen molar-refractivity contribution in [1.82, 2.24) is 4.90 Å². The Bertz CT molecular complexity index is 343. The van der Waals surface area contributed by atoms with Gasteiger partial charge in [-0.05, 0) is 18.6 Å². The normalized spacial score (nSPS) is 11.2. The fraction of sp³-hybridized carbons (Fsp3) is 0.538. The molecule has 0 aliphatic rings. The summed E-state index contributed by atoms with van der Waals surface area (Å²) in [7, 11) is 1.63. The van der Waals surface area contributed by atoms with Crippen molar-refractivity contribution in [1.29, 1.82) is 0 Å². The van der Waals surface area contributed by atoms with Crippen LogP contribution in [0.25, 0.3) is 0 Å². The summed E-state index contributed by atoms with van der Waals surface area (Å²) in [6.07, 6.45) is 0.523. The van der Waals surface area contributed by atoms with Crippen molar-refractivity contribution < 1.29 is 14.2 Å². The Hall–Kier alpha value is -0.680. The lowest BCUT2D eigenvalue weighted by Crippen LogP contribution is -2.32. The predicted molar refractivity (Wildman–Crippen MR) is 70.5 cm³/mol. The second-order valence-electron chi connectivity index (χ2n) is 4.01. The monoisotopic (exact) mass is 275 g/mol. The van der Waals surface area contributed by atoms with Crippen LogP contribution >= 0.6 is 11.6 Å². The van der Waals surface area contributed by atoms with E-state index in [1.54, 1.807) is 19.2 Å². The van der Waals surface area contributed by atoms with Crippen LogP contribution in [0.5, 0.6) is 0 Å². The Balaban J connectivity index is 2.55. The average molecular weight is 276 g/mol. The van der Waals surface area contributed by atoms with Crippen LogP contribution in [0, 0.1) is 5.82 Å². The van der Waals surface area contributed by atoms with E-state index >= 15 is 0 Å². The highest BCUT2D eigenvalue weighted by Gasteiger charge is 2.10. The van der Waals surface area contributed by atoms with Gasteiger partial charge in [0.15, 0.2) is 0 Å². The fourth-order valence-corrected chi connectivity index (χ4v) is 2.00. The molecule has 102 valence electrons. The summed E-state index contributed by atoms with van der Waals surface area (Å²) in [5.74, 6) is -0.279. The van der Waals surface area contributed by atoms with Crippen molar-refractivity contribution in [2.24, 2.45) is 0 Å². The van der Waals surface area contributed by atoms with E-state index in [0.717, 1.165) is 0 Å². The molecule has 3 nitrogen and oxygen atoms in total. The van der Waals surface area contributed by atoms with Gasteiger partial charge in [-0.15, -0.1) is 0 Å². The quantitative estimate of drug-likeness (QED) is 0.787. The Morgan fingerprint density at radius 1 is 1.33 bits per heavy atom. The summed E-state index contributed by atoms with van der Waals surface area (Å²) >= 11 is 5.96. The highest BCUT2D eigenvalue weighted by molar-refractivity contribution is 6.31. The highest BCUT2D eigenvalue weighted by Crippen LogP contribution is 2.19. The molecule has 5 heteroatoms. The molecule has 0 spiro atoms. The van der Waals surface area contributed by atoms with Gasteiger partial charge in [-0.2, -0.15) is 0 Å². The first kappa shape index (κ1) is 15.4. The summed E-state index contributed by atoms with van der Waals surface area (Å²) in [6.45, 7) is 2.57. The minimum atomic E-state index is -0.279. The van der Waals surface area contributed by atoms with E-state index in [-0.39, 0.29) is 12.4 Å². The zero-order chi connectivity index (χ0) is 13.4. The molecule has 1 rings (SSSR count). The van der Waals surface area contributed by atoms with E-state index in [0.29, 0.717) is 43.2 Å². The highest BCUT2D eigenvalue weighted by atomic mass is 35.5. The molecule has 1 aromatic rings. The molecule has 0 saturated heterocycles. The van der Waals surface area contributed by atoms with E-state index in [1.807, 2.05) is 4.90 Å². The first-order valence-corrected chi connectivity index (χ1v) is 6.32. The summed E-state index contributed by atoms with van der Waals surface area (Å²) in [5, 5.41) is 9.41. The van der Waals surface area contributed by atoms with Gasteiger partial charge < -0.3 is 9.84 Å². The van der Waals surface area contributed by atoms with Crippen LogP contribution in [0.2, 0.25) is 5.02 Å². The number of hydrogen-bond donors (Lipinski definition) is 1. The lowest BCUT2D eigenvalue weighted by Gasteiger charge is -2.21. The van der Waals surface area contributed by atoms with Crippen LogP contribution in [0.4, 0.5) is 4.39 Å². The smallest absolute Gasteiger partial charge is 0.127 e. The van der Waals surface area contributed by atoms with Crippen LogP contribution < -0.4 is 0 Å². The molecule has 0 atom stereocenters. The second-order valence-corrected chi connectivity index (χ2v) is 4.42. The summed E-state index contributed by atoms with van der Waals surface area (Å²) < 4.78 is 18.6. The molecule has 0 aromatic heterocycles. The SMILES string of the molecule is COCCN(CCO)CCc1c(F)cccc1Cl. The van der Waals surface area contributed by atoms with Crippen molar-refractivity contribution in [3.63, 3.8) is 0 Å². The number of hydrogen-bond acceptors (Lipinski definition) is 3. The fourth-order valence-electron chi connectivity index (χ4n) is 1.74. The summed E-state index contributed by atoms with van der Waals surface area (Å²) in [5.41, 5.74) is 0.527. The number of halogens is 2. The number of rotatable bonds is 8. The van der Waals surface area contributed by atoms with Crippen molar-refractivity contribution in [2.45, 2.75) is 6.42 Å². The van der Waals surface area contributed by atoms with Gasteiger partial charge in [0.05, 0.1) is 13.2 Å². The first-order chi connectivity index (χ1) is 8.69. The Labute approximate surface area is 112 Å². The van der Waals surface area contributed by atoms with E-state index in [2.05, 4.69) is 0 Å². The standard InChI is InChI=1S/C13H19ClFNO2/c1-18-10-8-16(7-9-17)6-5-11-12(14)3-2-4-13(11)15/h2-4,17H,5-10H2,1H3. The maximum atomic E-state index is 13.6. The third-order valence-corrected chi connectivity index (χ3v) is 3.12. The van der Waals surface area contributed by atoms with Gasteiger partial charge in [-0.25, -0.2) is 4.39 Å². The van der Waals surface area contributed by atoms with Gasteiger partial charge in [0.25, 0.3) is 0 Å². The first-order valence-electron chi connectivity index (χ1n) is 5.94. The van der Waals surface area contributed by atoms with Crippen LogP contribution in [-0.4, -0.2) is 50.0 Å².